The zero-order chi connectivity index (χ0) is 14.1. The van der Waals surface area contributed by atoms with Crippen molar-refractivity contribution >= 4 is 12.1 Å². The van der Waals surface area contributed by atoms with E-state index in [0.717, 1.165) is 0 Å². The Morgan fingerprint density at radius 3 is 2.44 bits per heavy atom. The Balaban J connectivity index is 2.70. The molecule has 0 aromatic carbocycles. The van der Waals surface area contributed by atoms with Crippen molar-refractivity contribution in [2.75, 3.05) is 6.54 Å². The first-order valence-corrected chi connectivity index (χ1v) is 5.96. The molecule has 6 nitrogen and oxygen atoms in total. The Kier molecular flexibility index (Phi) is 3.90. The number of nitrogens with zero attached hydrogens (tertiary/aromatic N) is 1. The van der Waals surface area contributed by atoms with Gasteiger partial charge in [0.2, 0.25) is 0 Å². The maximum absolute atomic E-state index is 11.9. The SMILES string of the molecule is CC1CC(O)(CC(=O)O)CN1C(=O)OC(C)(C)C. The van der Waals surface area contributed by atoms with Crippen molar-refractivity contribution in [3.05, 3.63) is 0 Å². The molecule has 0 aromatic heterocycles. The minimum atomic E-state index is -1.36. The number of β-amino-alcohol motifs (C(OH)–C–C–N with tert-alkyl or cyclic N) is 1. The average molecular weight is 259 g/mol. The van der Waals surface area contributed by atoms with E-state index < -0.39 is 23.3 Å². The second-order valence-electron chi connectivity index (χ2n) is 5.96. The summed E-state index contributed by atoms with van der Waals surface area (Å²) in [7, 11) is 0. The molecule has 1 heterocycles. The number of amides is 1. The first kappa shape index (κ1) is 14.8. The number of carboxylic acids is 1. The number of carboxylic acid groups (broad SMARTS) is 1. The van der Waals surface area contributed by atoms with Gasteiger partial charge in [0.05, 0.1) is 18.6 Å². The van der Waals surface area contributed by atoms with E-state index in [9.17, 15) is 14.7 Å². The van der Waals surface area contributed by atoms with Gasteiger partial charge in [-0.25, -0.2) is 4.79 Å². The molecule has 1 rings (SSSR count). The number of aliphatic carboxylic acids is 1. The summed E-state index contributed by atoms with van der Waals surface area (Å²) in [6.45, 7) is 7.04. The predicted octanol–water partition coefficient (Wildman–Crippen LogP) is 1.22. The van der Waals surface area contributed by atoms with Crippen LogP contribution in [0.25, 0.3) is 0 Å². The molecule has 2 atom stereocenters. The highest BCUT2D eigenvalue weighted by Gasteiger charge is 2.45. The first-order valence-electron chi connectivity index (χ1n) is 5.96. The second-order valence-corrected chi connectivity index (χ2v) is 5.96. The lowest BCUT2D eigenvalue weighted by molar-refractivity contribution is -0.142. The number of rotatable bonds is 2. The number of hydrogen-bond donors (Lipinski definition) is 2. The quantitative estimate of drug-likeness (QED) is 0.778. The minimum Gasteiger partial charge on any atom is -0.481 e. The van der Waals surface area contributed by atoms with E-state index in [-0.39, 0.29) is 25.4 Å². The monoisotopic (exact) mass is 259 g/mol. The fourth-order valence-corrected chi connectivity index (χ4v) is 2.17. The summed E-state index contributed by atoms with van der Waals surface area (Å²) in [5, 5.41) is 18.9. The van der Waals surface area contributed by atoms with E-state index in [0.29, 0.717) is 0 Å². The van der Waals surface area contributed by atoms with Gasteiger partial charge in [-0.3, -0.25) is 4.79 Å². The Bertz CT molecular complexity index is 349. The van der Waals surface area contributed by atoms with Crippen molar-refractivity contribution in [3.8, 4) is 0 Å². The molecule has 0 bridgehead atoms. The van der Waals surface area contributed by atoms with E-state index in [1.54, 1.807) is 27.7 Å². The van der Waals surface area contributed by atoms with Crippen LogP contribution in [0.1, 0.15) is 40.5 Å². The highest BCUT2D eigenvalue weighted by Crippen LogP contribution is 2.31. The Hall–Kier alpha value is -1.30. The van der Waals surface area contributed by atoms with Crippen LogP contribution in [0.5, 0.6) is 0 Å². The fourth-order valence-electron chi connectivity index (χ4n) is 2.17. The van der Waals surface area contributed by atoms with Gasteiger partial charge in [0.1, 0.15) is 5.60 Å². The summed E-state index contributed by atoms with van der Waals surface area (Å²) >= 11 is 0. The summed E-state index contributed by atoms with van der Waals surface area (Å²) in [5.41, 5.74) is -1.97. The lowest BCUT2D eigenvalue weighted by Gasteiger charge is -2.27. The van der Waals surface area contributed by atoms with Gasteiger partial charge in [-0.15, -0.1) is 0 Å². The fraction of sp³-hybridized carbons (Fsp3) is 0.833. The molecule has 0 spiro atoms. The molecule has 0 radical (unpaired) electrons. The molecule has 1 aliphatic heterocycles. The van der Waals surface area contributed by atoms with Crippen LogP contribution in [0.2, 0.25) is 0 Å². The molecule has 1 fully saturated rings. The Morgan fingerprint density at radius 1 is 1.44 bits per heavy atom. The number of carbonyl (C=O) groups is 2. The Labute approximate surface area is 107 Å². The summed E-state index contributed by atoms with van der Waals surface area (Å²) < 4.78 is 5.22. The summed E-state index contributed by atoms with van der Waals surface area (Å²) in [6.07, 6.45) is -0.633. The molecule has 2 unspecified atom stereocenters. The molecule has 18 heavy (non-hydrogen) atoms. The minimum absolute atomic E-state index is 0.00458. The molecular formula is C12H21NO5. The zero-order valence-electron chi connectivity index (χ0n) is 11.3. The van der Waals surface area contributed by atoms with Crippen molar-refractivity contribution in [2.45, 2.75) is 57.8 Å². The molecule has 2 N–H and O–H groups in total. The van der Waals surface area contributed by atoms with E-state index in [4.69, 9.17) is 9.84 Å². The highest BCUT2D eigenvalue weighted by atomic mass is 16.6. The summed E-state index contributed by atoms with van der Waals surface area (Å²) in [4.78, 5) is 24.0. The molecule has 6 heteroatoms. The predicted molar refractivity (Wildman–Crippen MR) is 64.2 cm³/mol. The third-order valence-corrected chi connectivity index (χ3v) is 2.78. The largest absolute Gasteiger partial charge is 0.481 e. The van der Waals surface area contributed by atoms with Crippen molar-refractivity contribution in [2.24, 2.45) is 0 Å². The number of hydrogen-bond acceptors (Lipinski definition) is 4. The van der Waals surface area contributed by atoms with Crippen molar-refractivity contribution in [1.82, 2.24) is 4.90 Å². The van der Waals surface area contributed by atoms with Crippen LogP contribution >= 0.6 is 0 Å². The van der Waals surface area contributed by atoms with Crippen LogP contribution in [0.4, 0.5) is 4.79 Å². The van der Waals surface area contributed by atoms with Crippen LogP contribution in [-0.4, -0.2) is 51.0 Å². The molecular weight excluding hydrogens is 238 g/mol. The topological polar surface area (TPSA) is 87.1 Å². The molecule has 1 amide bonds. The van der Waals surface area contributed by atoms with E-state index in [1.165, 1.54) is 4.90 Å². The maximum atomic E-state index is 11.9. The zero-order valence-corrected chi connectivity index (χ0v) is 11.3. The number of ether oxygens (including phenoxy) is 1. The summed E-state index contributed by atoms with van der Waals surface area (Å²) in [6, 6.07) is -0.232. The van der Waals surface area contributed by atoms with Crippen LogP contribution in [0.15, 0.2) is 0 Å². The molecule has 0 saturated carbocycles. The van der Waals surface area contributed by atoms with Gasteiger partial charge in [-0.1, -0.05) is 0 Å². The number of carbonyl (C=O) groups excluding carboxylic acids is 1. The maximum Gasteiger partial charge on any atom is 0.410 e. The number of aliphatic hydroxyl groups is 1. The second kappa shape index (κ2) is 4.76. The molecule has 104 valence electrons. The first-order chi connectivity index (χ1) is 8.02. The molecule has 0 aliphatic carbocycles. The molecule has 1 aliphatic rings. The van der Waals surface area contributed by atoms with E-state index in [2.05, 4.69) is 0 Å². The van der Waals surface area contributed by atoms with Gasteiger partial charge in [0.15, 0.2) is 0 Å². The third kappa shape index (κ3) is 3.87. The van der Waals surface area contributed by atoms with E-state index >= 15 is 0 Å². The Morgan fingerprint density at radius 2 is 2.00 bits per heavy atom. The van der Waals surface area contributed by atoms with Gasteiger partial charge in [-0.2, -0.15) is 0 Å². The smallest absolute Gasteiger partial charge is 0.410 e. The highest BCUT2D eigenvalue weighted by molar-refractivity contribution is 5.71. The third-order valence-electron chi connectivity index (χ3n) is 2.78. The van der Waals surface area contributed by atoms with Gasteiger partial charge >= 0.3 is 12.1 Å². The van der Waals surface area contributed by atoms with Gasteiger partial charge in [0, 0.05) is 6.04 Å². The lowest BCUT2D eigenvalue weighted by Crippen LogP contribution is -2.41. The normalized spacial score (nSPS) is 28.3. The van der Waals surface area contributed by atoms with Gasteiger partial charge in [-0.05, 0) is 34.1 Å². The van der Waals surface area contributed by atoms with Crippen molar-refractivity contribution in [1.29, 1.82) is 0 Å². The van der Waals surface area contributed by atoms with E-state index in [1.807, 2.05) is 0 Å². The van der Waals surface area contributed by atoms with Crippen LogP contribution < -0.4 is 0 Å². The summed E-state index contributed by atoms with van der Waals surface area (Å²) in [5.74, 6) is -1.07. The number of likely N-dealkylation sites (tertiary alicyclic amines) is 1. The van der Waals surface area contributed by atoms with Crippen LogP contribution in [-0.2, 0) is 9.53 Å². The van der Waals surface area contributed by atoms with Gasteiger partial charge < -0.3 is 19.8 Å². The lowest BCUT2D eigenvalue weighted by atomic mass is 9.97. The van der Waals surface area contributed by atoms with Gasteiger partial charge in [0.25, 0.3) is 0 Å². The van der Waals surface area contributed by atoms with Crippen molar-refractivity contribution < 1.29 is 24.5 Å². The molecule has 1 saturated heterocycles. The average Bonchev–Trinajstić information content (AvgIpc) is 2.36. The standard InChI is InChI=1S/C12H21NO5/c1-8-5-12(17,6-9(14)15)7-13(8)10(16)18-11(2,3)4/h8,17H,5-7H2,1-4H3,(H,14,15). The van der Waals surface area contributed by atoms with Crippen LogP contribution in [0, 0.1) is 0 Å². The molecule has 0 aromatic rings. The van der Waals surface area contributed by atoms with Crippen LogP contribution in [0.3, 0.4) is 0 Å². The van der Waals surface area contributed by atoms with Crippen molar-refractivity contribution in [3.63, 3.8) is 0 Å².